The number of unbranched alkanes of at least 4 members (excludes halogenated alkanes) is 2. The van der Waals surface area contributed by atoms with Gasteiger partial charge in [-0.1, -0.05) is 148 Å². The van der Waals surface area contributed by atoms with Gasteiger partial charge in [0.05, 0.1) is 33.9 Å². The number of ether oxygens (including phenoxy) is 2. The summed E-state index contributed by atoms with van der Waals surface area (Å²) in [6.07, 6.45) is 53.2. The number of esters is 2. The van der Waals surface area contributed by atoms with Crippen molar-refractivity contribution >= 4 is 19.8 Å². The fourth-order valence-electron chi connectivity index (χ4n) is 5.05. The minimum Gasteiger partial charge on any atom is -0.462 e. The van der Waals surface area contributed by atoms with Gasteiger partial charge in [-0.2, -0.15) is 0 Å². The van der Waals surface area contributed by atoms with Crippen LogP contribution in [0.1, 0.15) is 123 Å². The Kier molecular flexibility index (Phi) is 38.0. The minimum atomic E-state index is -4.43. The molecule has 0 bridgehead atoms. The van der Waals surface area contributed by atoms with Gasteiger partial charge in [-0.3, -0.25) is 18.6 Å². The van der Waals surface area contributed by atoms with E-state index in [4.69, 9.17) is 18.5 Å². The number of allylic oxidation sites excluding steroid dienone is 19. The molecule has 3 atom stereocenters. The van der Waals surface area contributed by atoms with Gasteiger partial charge in [0.25, 0.3) is 0 Å². The first-order valence-electron chi connectivity index (χ1n) is 22.4. The monoisotopic (exact) mass is 871 g/mol. The molecule has 0 fully saturated rings. The number of aliphatic hydroxyl groups is 1. The van der Waals surface area contributed by atoms with Crippen LogP contribution in [0.5, 0.6) is 0 Å². The van der Waals surface area contributed by atoms with Gasteiger partial charge >= 0.3 is 19.8 Å². The van der Waals surface area contributed by atoms with Crippen molar-refractivity contribution in [3.63, 3.8) is 0 Å². The smallest absolute Gasteiger partial charge is 0.462 e. The molecule has 344 valence electrons. The van der Waals surface area contributed by atoms with E-state index in [1.54, 1.807) is 0 Å². The fraction of sp³-hybridized carbons (Fsp3) is 0.560. The van der Waals surface area contributed by atoms with Crippen LogP contribution in [0.4, 0.5) is 0 Å². The Morgan fingerprint density at radius 2 is 1.07 bits per heavy atom. The summed E-state index contributed by atoms with van der Waals surface area (Å²) >= 11 is 0. The van der Waals surface area contributed by atoms with Gasteiger partial charge in [0, 0.05) is 12.8 Å². The van der Waals surface area contributed by atoms with Gasteiger partial charge in [0.2, 0.25) is 0 Å². The van der Waals surface area contributed by atoms with Crippen molar-refractivity contribution in [2.45, 2.75) is 135 Å². The molecular weight excluding hydrogens is 790 g/mol. The molecule has 2 N–H and O–H groups in total. The molecular formula is C50H81NO9P+. The highest BCUT2D eigenvalue weighted by Crippen LogP contribution is 2.43. The normalized spacial score (nSPS) is 15.2. The average Bonchev–Trinajstić information content (AvgIpc) is 3.21. The van der Waals surface area contributed by atoms with Crippen molar-refractivity contribution in [3.05, 3.63) is 122 Å². The van der Waals surface area contributed by atoms with E-state index in [9.17, 15) is 24.2 Å². The fourth-order valence-corrected chi connectivity index (χ4v) is 5.79. The van der Waals surface area contributed by atoms with Crippen LogP contribution in [0.2, 0.25) is 0 Å². The average molecular weight is 871 g/mol. The zero-order valence-corrected chi connectivity index (χ0v) is 39.1. The lowest BCUT2D eigenvalue weighted by molar-refractivity contribution is -0.870. The molecule has 0 heterocycles. The molecule has 11 heteroatoms. The Hall–Kier alpha value is -3.63. The standard InChI is InChI=1S/C50H80NO9P/c1-6-8-10-11-12-13-14-15-16-17-18-19-20-21-25-28-31-34-37-41-49(53)57-45-48(46-59-61(55,56)58-44-43-51(3,4)5)60-50(54)42-38-35-32-29-26-23-22-24-27-30-33-36-40-47(52)39-9-7-2/h8,10,12-13,15-16,18-19,21-23,25,27,29-32,34,36,40,47-48,52H,6-7,9,11,14,17,20,24,26,28,33,35,37-39,41-46H2,1-5H3/p+1/b10-8-,13-12-,16-15-,19-18-,23-22-,25-21-,30-27-,32-29-,34-31-,40-36-/t47-,48-/m1/s1. The van der Waals surface area contributed by atoms with Crippen molar-refractivity contribution in [1.29, 1.82) is 0 Å². The highest BCUT2D eigenvalue weighted by molar-refractivity contribution is 7.47. The second kappa shape index (κ2) is 40.4. The summed E-state index contributed by atoms with van der Waals surface area (Å²) in [6, 6.07) is 0. The summed E-state index contributed by atoms with van der Waals surface area (Å²) in [5.41, 5.74) is 0. The summed E-state index contributed by atoms with van der Waals surface area (Å²) in [6.45, 7) is 3.95. The van der Waals surface area contributed by atoms with E-state index >= 15 is 0 Å². The van der Waals surface area contributed by atoms with E-state index in [1.165, 1.54) is 0 Å². The topological polar surface area (TPSA) is 129 Å². The van der Waals surface area contributed by atoms with E-state index in [0.717, 1.165) is 77.0 Å². The second-order valence-corrected chi connectivity index (χ2v) is 17.0. The van der Waals surface area contributed by atoms with Gasteiger partial charge in [0.1, 0.15) is 19.8 Å². The van der Waals surface area contributed by atoms with Crippen molar-refractivity contribution in [1.82, 2.24) is 0 Å². The molecule has 0 aromatic carbocycles. The molecule has 0 saturated carbocycles. The molecule has 0 aliphatic heterocycles. The summed E-state index contributed by atoms with van der Waals surface area (Å²) in [4.78, 5) is 35.3. The highest BCUT2D eigenvalue weighted by Gasteiger charge is 2.27. The maximum atomic E-state index is 12.7. The Labute approximate surface area is 370 Å². The predicted molar refractivity (Wildman–Crippen MR) is 253 cm³/mol. The molecule has 0 saturated heterocycles. The van der Waals surface area contributed by atoms with Crippen LogP contribution in [0.25, 0.3) is 0 Å². The number of phosphoric acid groups is 1. The third-order valence-electron chi connectivity index (χ3n) is 8.56. The van der Waals surface area contributed by atoms with Crippen LogP contribution in [-0.2, 0) is 32.7 Å². The van der Waals surface area contributed by atoms with Crippen molar-refractivity contribution in [2.24, 2.45) is 0 Å². The van der Waals surface area contributed by atoms with Gasteiger partial charge < -0.3 is 24.0 Å². The Bertz CT molecular complexity index is 1460. The molecule has 61 heavy (non-hydrogen) atoms. The summed E-state index contributed by atoms with van der Waals surface area (Å²) in [5.74, 6) is -1.00. The van der Waals surface area contributed by atoms with E-state index in [-0.39, 0.29) is 32.2 Å². The number of phosphoric ester groups is 1. The number of aliphatic hydroxyl groups excluding tert-OH is 1. The van der Waals surface area contributed by atoms with Crippen LogP contribution in [0, 0.1) is 0 Å². The zero-order chi connectivity index (χ0) is 45.1. The lowest BCUT2D eigenvalue weighted by Gasteiger charge is -2.24. The number of nitrogens with zero attached hydrogens (tertiary/aromatic N) is 1. The van der Waals surface area contributed by atoms with E-state index in [0.29, 0.717) is 30.3 Å². The third-order valence-corrected chi connectivity index (χ3v) is 9.54. The van der Waals surface area contributed by atoms with Gasteiger partial charge in [-0.15, -0.1) is 0 Å². The Morgan fingerprint density at radius 3 is 1.56 bits per heavy atom. The van der Waals surface area contributed by atoms with Crippen LogP contribution in [0.3, 0.4) is 0 Å². The highest BCUT2D eigenvalue weighted by atomic mass is 31.2. The minimum absolute atomic E-state index is 0.00472. The number of rotatable bonds is 38. The van der Waals surface area contributed by atoms with E-state index in [1.807, 2.05) is 57.6 Å². The Balaban J connectivity index is 4.62. The second-order valence-electron chi connectivity index (χ2n) is 15.5. The van der Waals surface area contributed by atoms with Gasteiger partial charge in [-0.05, 0) is 83.5 Å². The molecule has 0 rings (SSSR count). The van der Waals surface area contributed by atoms with E-state index < -0.39 is 32.5 Å². The molecule has 0 amide bonds. The van der Waals surface area contributed by atoms with Crippen LogP contribution in [-0.4, -0.2) is 86.1 Å². The zero-order valence-electron chi connectivity index (χ0n) is 38.2. The summed E-state index contributed by atoms with van der Waals surface area (Å²) < 4.78 is 34.1. The first-order valence-corrected chi connectivity index (χ1v) is 23.8. The van der Waals surface area contributed by atoms with Crippen LogP contribution in [0.15, 0.2) is 122 Å². The van der Waals surface area contributed by atoms with Crippen LogP contribution < -0.4 is 0 Å². The van der Waals surface area contributed by atoms with Crippen molar-refractivity contribution in [3.8, 4) is 0 Å². The number of hydrogen-bond donors (Lipinski definition) is 2. The van der Waals surface area contributed by atoms with E-state index in [2.05, 4.69) is 98.9 Å². The van der Waals surface area contributed by atoms with Crippen molar-refractivity contribution in [2.75, 3.05) is 47.5 Å². The maximum absolute atomic E-state index is 12.7. The molecule has 0 aromatic heterocycles. The molecule has 0 radical (unpaired) electrons. The quantitative estimate of drug-likeness (QED) is 0.0205. The first kappa shape index (κ1) is 57.4. The van der Waals surface area contributed by atoms with Crippen molar-refractivity contribution < 1.29 is 47.2 Å². The predicted octanol–water partition coefficient (Wildman–Crippen LogP) is 11.9. The Morgan fingerprint density at radius 1 is 0.590 bits per heavy atom. The summed E-state index contributed by atoms with van der Waals surface area (Å²) in [5, 5.41) is 9.83. The lowest BCUT2D eigenvalue weighted by Crippen LogP contribution is -2.37. The SMILES string of the molecule is CC/C=C\C/C=C\C/C=C\C/C=C\C/C=C\C/C=C\CCC(=O)OC[C@H](COP(=O)(O)OCC[N+](C)(C)C)OC(=O)CCC/C=C\C/C=C\C/C=C\C/C=C\[C@H](O)CCCC. The van der Waals surface area contributed by atoms with Crippen LogP contribution >= 0.6 is 7.82 Å². The largest absolute Gasteiger partial charge is 0.472 e. The molecule has 1 unspecified atom stereocenters. The van der Waals surface area contributed by atoms with Gasteiger partial charge in [-0.25, -0.2) is 4.57 Å². The number of carbonyl (C=O) groups is 2. The number of quaternary nitrogens is 1. The lowest BCUT2D eigenvalue weighted by atomic mass is 10.1. The molecule has 0 aromatic rings. The number of likely N-dealkylation sites (N-methyl/N-ethyl adjacent to an activating group) is 1. The third kappa shape index (κ3) is 44.2. The molecule has 0 aliphatic carbocycles. The number of carbonyl (C=O) groups excluding carboxylic acids is 2. The maximum Gasteiger partial charge on any atom is 0.472 e. The first-order chi connectivity index (χ1) is 29.4. The van der Waals surface area contributed by atoms with Gasteiger partial charge in [0.15, 0.2) is 6.10 Å². The number of hydrogen-bond acceptors (Lipinski definition) is 8. The summed E-state index contributed by atoms with van der Waals surface area (Å²) in [7, 11) is 1.35. The molecule has 0 spiro atoms. The molecule has 10 nitrogen and oxygen atoms in total. The molecule has 0 aliphatic rings.